The van der Waals surface area contributed by atoms with Gasteiger partial charge in [-0.3, -0.25) is 0 Å². The van der Waals surface area contributed by atoms with E-state index in [0.29, 0.717) is 0 Å². The lowest BCUT2D eigenvalue weighted by Gasteiger charge is -2.32. The maximum absolute atomic E-state index is 6.24. The van der Waals surface area contributed by atoms with Crippen LogP contribution in [0, 0.1) is 0 Å². The Hall–Kier alpha value is 0.730. The van der Waals surface area contributed by atoms with Gasteiger partial charge in [-0.25, -0.2) is 0 Å². The van der Waals surface area contributed by atoms with E-state index >= 15 is 0 Å². The summed E-state index contributed by atoms with van der Waals surface area (Å²) in [5.41, 5.74) is 0. The van der Waals surface area contributed by atoms with Crippen molar-refractivity contribution in [3.05, 3.63) is 0 Å². The Morgan fingerprint density at radius 1 is 0.565 bits per heavy atom. The highest BCUT2D eigenvalue weighted by Crippen LogP contribution is 2.14. The average Bonchev–Trinajstić information content (AvgIpc) is 2.53. The normalized spacial score (nSPS) is 11.5. The van der Waals surface area contributed by atoms with Gasteiger partial charge in [0.2, 0.25) is 0 Å². The zero-order valence-corrected chi connectivity index (χ0v) is 18.6. The number of quaternary nitrogens is 1. The first-order valence-electron chi connectivity index (χ1n) is 10.1. The standard InChI is InChI=1S/C20H43ClN.BrH/c1-4-6-8-10-12-14-16-18-22(3,20-21)19-17-15-13-11-9-7-5-2;/h4-20H2,1-3H3;1H/q+1;/p-1. The van der Waals surface area contributed by atoms with Crippen LogP contribution >= 0.6 is 11.6 Å². The third kappa shape index (κ3) is 17.3. The molecule has 0 aromatic rings. The molecule has 142 valence electrons. The molecule has 3 heteroatoms. The van der Waals surface area contributed by atoms with Gasteiger partial charge in [-0.15, -0.1) is 0 Å². The number of halogens is 2. The van der Waals surface area contributed by atoms with Crippen LogP contribution in [0.2, 0.25) is 0 Å². The summed E-state index contributed by atoms with van der Waals surface area (Å²) in [6.07, 6.45) is 19.5. The molecule has 0 radical (unpaired) electrons. The van der Waals surface area contributed by atoms with Crippen molar-refractivity contribution in [2.45, 2.75) is 104 Å². The van der Waals surface area contributed by atoms with Gasteiger partial charge in [0.25, 0.3) is 0 Å². The van der Waals surface area contributed by atoms with E-state index in [1.807, 2.05) is 0 Å². The number of nitrogens with zero attached hydrogens (tertiary/aromatic N) is 1. The minimum Gasteiger partial charge on any atom is -1.00 e. The summed E-state index contributed by atoms with van der Waals surface area (Å²) in [7, 11) is 2.35. The molecule has 0 saturated heterocycles. The molecule has 0 aliphatic carbocycles. The molecule has 0 atom stereocenters. The number of rotatable bonds is 17. The van der Waals surface area contributed by atoms with Gasteiger partial charge in [-0.2, -0.15) is 0 Å². The quantitative estimate of drug-likeness (QED) is 0.146. The minimum absolute atomic E-state index is 0. The fourth-order valence-electron chi connectivity index (χ4n) is 3.13. The van der Waals surface area contributed by atoms with Crippen molar-refractivity contribution in [3.8, 4) is 0 Å². The van der Waals surface area contributed by atoms with E-state index in [9.17, 15) is 0 Å². The summed E-state index contributed by atoms with van der Waals surface area (Å²) in [4.78, 5) is 0. The predicted molar refractivity (Wildman–Crippen MR) is 103 cm³/mol. The van der Waals surface area contributed by atoms with Gasteiger partial charge in [-0.1, -0.05) is 89.7 Å². The summed E-state index contributed by atoms with van der Waals surface area (Å²) in [5.74, 6) is 0. The van der Waals surface area contributed by atoms with Crippen LogP contribution < -0.4 is 17.0 Å². The van der Waals surface area contributed by atoms with Crippen LogP contribution in [0.25, 0.3) is 0 Å². The smallest absolute Gasteiger partial charge is 0.154 e. The number of alkyl halides is 1. The number of hydrogen-bond donors (Lipinski definition) is 0. The molecule has 0 fully saturated rings. The molecule has 0 saturated carbocycles. The lowest BCUT2D eigenvalue weighted by molar-refractivity contribution is -0.899. The van der Waals surface area contributed by atoms with Gasteiger partial charge in [0.15, 0.2) is 6.00 Å². The zero-order valence-electron chi connectivity index (χ0n) is 16.2. The molecule has 0 aliphatic heterocycles. The Labute approximate surface area is 162 Å². The van der Waals surface area contributed by atoms with Crippen LogP contribution in [0.15, 0.2) is 0 Å². The second-order valence-corrected chi connectivity index (χ2v) is 7.67. The number of hydrogen-bond acceptors (Lipinski definition) is 0. The van der Waals surface area contributed by atoms with Crippen molar-refractivity contribution in [3.63, 3.8) is 0 Å². The van der Waals surface area contributed by atoms with Gasteiger partial charge in [0, 0.05) is 0 Å². The highest BCUT2D eigenvalue weighted by Gasteiger charge is 2.18. The summed E-state index contributed by atoms with van der Waals surface area (Å²) in [5, 5.41) is 0. The summed E-state index contributed by atoms with van der Waals surface area (Å²) >= 11 is 6.24. The Balaban J connectivity index is 0. The molecule has 1 nitrogen and oxygen atoms in total. The van der Waals surface area contributed by atoms with Crippen LogP contribution in [0.5, 0.6) is 0 Å². The zero-order chi connectivity index (χ0) is 16.5. The topological polar surface area (TPSA) is 0 Å². The molecule has 0 heterocycles. The highest BCUT2D eigenvalue weighted by atomic mass is 79.9. The highest BCUT2D eigenvalue weighted by molar-refractivity contribution is 6.16. The molecule has 0 aromatic heterocycles. The van der Waals surface area contributed by atoms with E-state index in [2.05, 4.69) is 20.9 Å². The van der Waals surface area contributed by atoms with E-state index in [4.69, 9.17) is 11.6 Å². The lowest BCUT2D eigenvalue weighted by atomic mass is 10.1. The van der Waals surface area contributed by atoms with Crippen LogP contribution in [-0.4, -0.2) is 30.6 Å². The molecule has 0 spiro atoms. The van der Waals surface area contributed by atoms with Crippen LogP contribution in [-0.2, 0) is 0 Å². The first-order valence-corrected chi connectivity index (χ1v) is 10.6. The Kier molecular flexibility index (Phi) is 21.5. The second-order valence-electron chi connectivity index (χ2n) is 7.43. The van der Waals surface area contributed by atoms with Crippen molar-refractivity contribution in [2.75, 3.05) is 26.1 Å². The van der Waals surface area contributed by atoms with Crippen LogP contribution in [0.4, 0.5) is 0 Å². The van der Waals surface area contributed by atoms with Crippen LogP contribution in [0.3, 0.4) is 0 Å². The van der Waals surface area contributed by atoms with E-state index in [-0.39, 0.29) is 17.0 Å². The minimum atomic E-state index is 0. The van der Waals surface area contributed by atoms with Crippen molar-refractivity contribution >= 4 is 11.6 Å². The molecule has 0 N–H and O–H groups in total. The fourth-order valence-corrected chi connectivity index (χ4v) is 3.37. The maximum atomic E-state index is 6.24. The predicted octanol–water partition coefficient (Wildman–Crippen LogP) is 4.13. The lowest BCUT2D eigenvalue weighted by Crippen LogP contribution is -3.00. The maximum Gasteiger partial charge on any atom is 0.154 e. The molecule has 0 unspecified atom stereocenters. The first kappa shape index (κ1) is 26.0. The Bertz CT molecular complexity index is 206. The van der Waals surface area contributed by atoms with E-state index in [1.54, 1.807) is 0 Å². The summed E-state index contributed by atoms with van der Waals surface area (Å²) < 4.78 is 1.07. The van der Waals surface area contributed by atoms with Crippen molar-refractivity contribution < 1.29 is 21.5 Å². The SMILES string of the molecule is CCCCCCCCC[N+](C)(CCl)CCCCCCCCC.[Br-]. The van der Waals surface area contributed by atoms with Crippen LogP contribution in [0.1, 0.15) is 104 Å². The Morgan fingerprint density at radius 2 is 0.870 bits per heavy atom. The van der Waals surface area contributed by atoms with Crippen molar-refractivity contribution in [1.82, 2.24) is 0 Å². The fraction of sp³-hybridized carbons (Fsp3) is 1.00. The van der Waals surface area contributed by atoms with Gasteiger partial charge >= 0.3 is 0 Å². The third-order valence-corrected chi connectivity index (χ3v) is 5.47. The first-order chi connectivity index (χ1) is 10.7. The molecule has 0 amide bonds. The summed E-state index contributed by atoms with van der Waals surface area (Å²) in [6.45, 7) is 7.11. The van der Waals surface area contributed by atoms with Crippen molar-refractivity contribution in [1.29, 1.82) is 0 Å². The van der Waals surface area contributed by atoms with E-state index in [0.717, 1.165) is 10.5 Å². The Morgan fingerprint density at radius 3 is 1.17 bits per heavy atom. The van der Waals surface area contributed by atoms with Gasteiger partial charge < -0.3 is 21.5 Å². The van der Waals surface area contributed by atoms with Gasteiger partial charge in [-0.05, 0) is 25.7 Å². The second kappa shape index (κ2) is 19.1. The average molecular weight is 413 g/mol. The monoisotopic (exact) mass is 411 g/mol. The molecular weight excluding hydrogens is 370 g/mol. The van der Waals surface area contributed by atoms with Crippen molar-refractivity contribution in [2.24, 2.45) is 0 Å². The van der Waals surface area contributed by atoms with E-state index in [1.165, 1.54) is 103 Å². The summed E-state index contributed by atoms with van der Waals surface area (Å²) in [6, 6.07) is 0.783. The molecule has 0 aliphatic rings. The molecule has 0 rings (SSSR count). The molecule has 0 aromatic carbocycles. The number of unbranched alkanes of at least 4 members (excludes halogenated alkanes) is 12. The van der Waals surface area contributed by atoms with E-state index < -0.39 is 0 Å². The largest absolute Gasteiger partial charge is 1.00 e. The van der Waals surface area contributed by atoms with Gasteiger partial charge in [0.1, 0.15) is 0 Å². The molecular formula is C20H43BrClN. The molecule has 0 bridgehead atoms. The molecule has 23 heavy (non-hydrogen) atoms. The third-order valence-electron chi connectivity index (χ3n) is 4.89. The van der Waals surface area contributed by atoms with Gasteiger partial charge in [0.05, 0.1) is 20.1 Å².